The molecule has 30 heavy (non-hydrogen) atoms. The Morgan fingerprint density at radius 2 is 1.67 bits per heavy atom. The fourth-order valence-electron chi connectivity index (χ4n) is 3.55. The third kappa shape index (κ3) is 3.61. The summed E-state index contributed by atoms with van der Waals surface area (Å²) < 4.78 is 1.85. The lowest BCUT2D eigenvalue weighted by atomic mass is 10.0. The number of imidazole rings is 1. The number of nitrogens with zero attached hydrogens (tertiary/aromatic N) is 4. The molecule has 1 unspecified atom stereocenters. The van der Waals surface area contributed by atoms with Crippen molar-refractivity contribution < 1.29 is 0 Å². The molecule has 0 saturated heterocycles. The van der Waals surface area contributed by atoms with Crippen LogP contribution in [0.5, 0.6) is 0 Å². The first kappa shape index (κ1) is 19.6. The van der Waals surface area contributed by atoms with Gasteiger partial charge in [0.15, 0.2) is 0 Å². The Balaban J connectivity index is 1.83. The molecule has 0 amide bonds. The highest BCUT2D eigenvalue weighted by molar-refractivity contribution is 5.98. The van der Waals surface area contributed by atoms with Crippen LogP contribution in [-0.4, -0.2) is 36.6 Å². The Bertz CT molecular complexity index is 1250. The standard InChI is InChI=1S/C21H25N9/c1-11(2)3-8-17(21-26-14-6-4-12(19(22)23)9-16(14)27-21)30-18-10-13(20(24)25)5-7-15(18)28-29-30/h4-7,9-11,17H,3,8H2,1-2H3,(H3,22,23)(H3,24,25)(H,26,27). The number of benzene rings is 2. The predicted molar refractivity (Wildman–Crippen MR) is 118 cm³/mol. The van der Waals surface area contributed by atoms with E-state index in [0.29, 0.717) is 17.0 Å². The van der Waals surface area contributed by atoms with Crippen molar-refractivity contribution in [1.82, 2.24) is 25.0 Å². The van der Waals surface area contributed by atoms with Crippen LogP contribution in [0.25, 0.3) is 22.1 Å². The molecule has 2 heterocycles. The maximum Gasteiger partial charge on any atom is 0.132 e. The van der Waals surface area contributed by atoms with Crippen LogP contribution in [0.2, 0.25) is 0 Å². The fraction of sp³-hybridized carbons (Fsp3) is 0.286. The Labute approximate surface area is 173 Å². The molecule has 7 N–H and O–H groups in total. The molecule has 0 radical (unpaired) electrons. The molecule has 1 atom stereocenters. The summed E-state index contributed by atoms with van der Waals surface area (Å²) in [6.07, 6.45) is 1.80. The molecule has 4 rings (SSSR count). The Morgan fingerprint density at radius 3 is 2.33 bits per heavy atom. The maximum absolute atomic E-state index is 7.75. The lowest BCUT2D eigenvalue weighted by Gasteiger charge is -2.17. The number of aromatic amines is 1. The van der Waals surface area contributed by atoms with Crippen LogP contribution < -0.4 is 11.5 Å². The van der Waals surface area contributed by atoms with Gasteiger partial charge in [-0.2, -0.15) is 0 Å². The normalized spacial score (nSPS) is 12.6. The number of H-pyrrole nitrogens is 1. The molecule has 0 fully saturated rings. The number of hydrogen-bond donors (Lipinski definition) is 5. The second kappa shape index (κ2) is 7.58. The van der Waals surface area contributed by atoms with Crippen LogP contribution in [0.15, 0.2) is 36.4 Å². The van der Waals surface area contributed by atoms with E-state index in [2.05, 4.69) is 29.1 Å². The quantitative estimate of drug-likeness (QED) is 0.237. The van der Waals surface area contributed by atoms with Crippen LogP contribution in [0, 0.1) is 16.7 Å². The maximum atomic E-state index is 7.75. The van der Waals surface area contributed by atoms with E-state index in [4.69, 9.17) is 27.3 Å². The van der Waals surface area contributed by atoms with Crippen molar-refractivity contribution in [3.63, 3.8) is 0 Å². The van der Waals surface area contributed by atoms with Gasteiger partial charge in [0.05, 0.1) is 16.6 Å². The van der Waals surface area contributed by atoms with Crippen LogP contribution in [0.1, 0.15) is 49.7 Å². The van der Waals surface area contributed by atoms with Gasteiger partial charge in [-0.1, -0.05) is 19.1 Å². The van der Waals surface area contributed by atoms with Gasteiger partial charge >= 0.3 is 0 Å². The lowest BCUT2D eigenvalue weighted by molar-refractivity contribution is 0.422. The summed E-state index contributed by atoms with van der Waals surface area (Å²) in [6, 6.07) is 10.8. The van der Waals surface area contributed by atoms with Gasteiger partial charge in [0.25, 0.3) is 0 Å². The monoisotopic (exact) mass is 403 g/mol. The van der Waals surface area contributed by atoms with E-state index < -0.39 is 0 Å². The van der Waals surface area contributed by atoms with Gasteiger partial charge in [-0.3, -0.25) is 10.8 Å². The smallest absolute Gasteiger partial charge is 0.132 e. The SMILES string of the molecule is CC(C)CCC(c1nc2ccc(C(=N)N)cc2[nH]1)n1nnc2ccc(C(=N)N)cc21. The average molecular weight is 403 g/mol. The molecule has 0 aliphatic carbocycles. The van der Waals surface area contributed by atoms with Crippen LogP contribution in [-0.2, 0) is 0 Å². The van der Waals surface area contributed by atoms with E-state index in [-0.39, 0.29) is 17.7 Å². The number of nitrogens with two attached hydrogens (primary N) is 2. The van der Waals surface area contributed by atoms with Crippen molar-refractivity contribution in [2.24, 2.45) is 17.4 Å². The Morgan fingerprint density at radius 1 is 1.00 bits per heavy atom. The van der Waals surface area contributed by atoms with Gasteiger partial charge in [-0.15, -0.1) is 5.10 Å². The molecule has 2 aromatic heterocycles. The van der Waals surface area contributed by atoms with Gasteiger partial charge in [0.2, 0.25) is 0 Å². The van der Waals surface area contributed by atoms with Crippen LogP contribution in [0.4, 0.5) is 0 Å². The minimum absolute atomic E-state index is 0.00359. The second-order valence-corrected chi connectivity index (χ2v) is 7.91. The number of nitrogens with one attached hydrogen (secondary N) is 3. The summed E-state index contributed by atoms with van der Waals surface area (Å²) in [6.45, 7) is 4.37. The first-order valence-electron chi connectivity index (χ1n) is 9.87. The highest BCUT2D eigenvalue weighted by Gasteiger charge is 2.22. The van der Waals surface area contributed by atoms with Crippen LogP contribution >= 0.6 is 0 Å². The van der Waals surface area contributed by atoms with E-state index in [1.807, 2.05) is 28.9 Å². The van der Waals surface area contributed by atoms with Crippen LogP contribution in [0.3, 0.4) is 0 Å². The Kier molecular flexibility index (Phi) is 4.94. The first-order chi connectivity index (χ1) is 14.3. The average Bonchev–Trinajstić information content (AvgIpc) is 3.31. The minimum Gasteiger partial charge on any atom is -0.384 e. The Hall–Kier alpha value is -3.75. The summed E-state index contributed by atoms with van der Waals surface area (Å²) >= 11 is 0. The van der Waals surface area contributed by atoms with Crippen molar-refractivity contribution >= 4 is 33.7 Å². The van der Waals surface area contributed by atoms with Crippen molar-refractivity contribution in [2.45, 2.75) is 32.7 Å². The molecule has 9 nitrogen and oxygen atoms in total. The van der Waals surface area contributed by atoms with Crippen molar-refractivity contribution in [3.8, 4) is 0 Å². The largest absolute Gasteiger partial charge is 0.384 e. The molecule has 154 valence electrons. The number of aromatic nitrogens is 5. The van der Waals surface area contributed by atoms with Crippen molar-refractivity contribution in [1.29, 1.82) is 10.8 Å². The molecule has 0 spiro atoms. The molecule has 4 aromatic rings. The molecular formula is C21H25N9. The molecule has 0 bridgehead atoms. The summed E-state index contributed by atoms with van der Waals surface area (Å²) in [5, 5.41) is 24.1. The number of fused-ring (bicyclic) bond motifs is 2. The van der Waals surface area contributed by atoms with Gasteiger partial charge in [0.1, 0.15) is 29.1 Å². The summed E-state index contributed by atoms with van der Waals surface area (Å²) in [7, 11) is 0. The zero-order chi connectivity index (χ0) is 21.4. The molecular weight excluding hydrogens is 378 g/mol. The number of rotatable bonds is 7. The van der Waals surface area contributed by atoms with E-state index in [1.54, 1.807) is 12.1 Å². The zero-order valence-electron chi connectivity index (χ0n) is 17.0. The minimum atomic E-state index is -0.159. The van der Waals surface area contributed by atoms with E-state index in [0.717, 1.165) is 40.7 Å². The first-order valence-corrected chi connectivity index (χ1v) is 9.87. The number of nitrogen functional groups attached to an aromatic ring is 2. The van der Waals surface area contributed by atoms with E-state index in [1.165, 1.54) is 0 Å². The molecule has 0 saturated carbocycles. The van der Waals surface area contributed by atoms with Gasteiger partial charge in [0, 0.05) is 11.1 Å². The van der Waals surface area contributed by atoms with Gasteiger partial charge in [-0.25, -0.2) is 9.67 Å². The fourth-order valence-corrected chi connectivity index (χ4v) is 3.55. The van der Waals surface area contributed by atoms with E-state index >= 15 is 0 Å². The number of amidine groups is 2. The van der Waals surface area contributed by atoms with Gasteiger partial charge < -0.3 is 16.5 Å². The van der Waals surface area contributed by atoms with E-state index in [9.17, 15) is 0 Å². The molecule has 2 aromatic carbocycles. The third-order valence-electron chi connectivity index (χ3n) is 5.22. The third-order valence-corrected chi connectivity index (χ3v) is 5.22. The highest BCUT2D eigenvalue weighted by Crippen LogP contribution is 2.28. The molecule has 0 aliphatic heterocycles. The van der Waals surface area contributed by atoms with Crippen molar-refractivity contribution in [2.75, 3.05) is 0 Å². The topological polar surface area (TPSA) is 159 Å². The highest BCUT2D eigenvalue weighted by atomic mass is 15.4. The summed E-state index contributed by atoms with van der Waals surface area (Å²) in [5.74, 6) is 1.31. The lowest BCUT2D eigenvalue weighted by Crippen LogP contribution is -2.16. The van der Waals surface area contributed by atoms with Crippen molar-refractivity contribution in [3.05, 3.63) is 53.3 Å². The predicted octanol–water partition coefficient (Wildman–Crippen LogP) is 2.90. The zero-order valence-corrected chi connectivity index (χ0v) is 17.0. The summed E-state index contributed by atoms with van der Waals surface area (Å²) in [5.41, 5.74) is 15.8. The van der Waals surface area contributed by atoms with Gasteiger partial charge in [-0.05, 0) is 55.2 Å². The molecule has 0 aliphatic rings. The summed E-state index contributed by atoms with van der Waals surface area (Å²) in [4.78, 5) is 8.18. The number of hydrogen-bond acceptors (Lipinski definition) is 5. The second-order valence-electron chi connectivity index (χ2n) is 7.91. The molecule has 9 heteroatoms.